The Morgan fingerprint density at radius 1 is 1.04 bits per heavy atom. The summed E-state index contributed by atoms with van der Waals surface area (Å²) < 4.78 is 5.73. The fourth-order valence-electron chi connectivity index (χ4n) is 2.72. The largest absolute Gasteiger partial charge is 0.731 e. The lowest BCUT2D eigenvalue weighted by atomic mass is 10.1. The van der Waals surface area contributed by atoms with Gasteiger partial charge < -0.3 is 9.62 Å². The molecule has 0 N–H and O–H groups in total. The minimum absolute atomic E-state index is 0.0109. The van der Waals surface area contributed by atoms with Gasteiger partial charge in [0.2, 0.25) is 0 Å². The summed E-state index contributed by atoms with van der Waals surface area (Å²) in [5.41, 5.74) is 2.20. The highest BCUT2D eigenvalue weighted by atomic mass is 16.9. The second-order valence-corrected chi connectivity index (χ2v) is 5.47. The van der Waals surface area contributed by atoms with Gasteiger partial charge in [-0.2, -0.15) is 0 Å². The minimum Gasteiger partial charge on any atom is -0.731 e. The molecule has 25 heavy (non-hydrogen) atoms. The van der Waals surface area contributed by atoms with Crippen molar-refractivity contribution in [1.82, 2.24) is 10.2 Å². The van der Waals surface area contributed by atoms with Crippen molar-refractivity contribution in [2.24, 2.45) is 0 Å². The number of nitrogens with zero attached hydrogens (tertiary/aromatic N) is 2. The van der Waals surface area contributed by atoms with Crippen LogP contribution in [0.25, 0.3) is 21.9 Å². The Kier molecular flexibility index (Phi) is 3.89. The number of hydrogen-bond acceptors (Lipinski definition) is 5. The molecular weight excluding hydrogens is 320 g/mol. The van der Waals surface area contributed by atoms with E-state index in [0.717, 1.165) is 10.9 Å². The molecule has 0 unspecified atom stereocenters. The van der Waals surface area contributed by atoms with E-state index in [2.05, 4.69) is 4.98 Å². The van der Waals surface area contributed by atoms with Crippen molar-refractivity contribution in [3.05, 3.63) is 83.3 Å². The fraction of sp³-hybridized carbons (Fsp3) is 0.0526. The maximum absolute atomic E-state index is 12.6. The smallest absolute Gasteiger partial charge is 0.268 e. The van der Waals surface area contributed by atoms with Gasteiger partial charge in [-0.05, 0) is 35.9 Å². The molecule has 0 aliphatic carbocycles. The number of carbonyl (C=O) groups excluding carboxylic acids is 1. The molecule has 0 atom stereocenters. The third-order valence-corrected chi connectivity index (χ3v) is 3.90. The molecule has 0 aliphatic rings. The minimum atomic E-state index is -0.772. The van der Waals surface area contributed by atoms with Crippen LogP contribution < -0.4 is 0 Å². The van der Waals surface area contributed by atoms with Crippen molar-refractivity contribution in [3.8, 4) is 0 Å². The highest BCUT2D eigenvalue weighted by Crippen LogP contribution is 2.31. The van der Waals surface area contributed by atoms with Crippen LogP contribution in [0.4, 0.5) is 0 Å². The molecule has 4 rings (SSSR count). The molecule has 2 aromatic heterocycles. The number of para-hydroxylation sites is 1. The molecule has 0 bridgehead atoms. The Morgan fingerprint density at radius 3 is 2.64 bits per heavy atom. The van der Waals surface area contributed by atoms with E-state index in [1.165, 1.54) is 0 Å². The van der Waals surface area contributed by atoms with Gasteiger partial charge in [-0.25, -0.2) is 0 Å². The standard InChI is InChI=1S/C19H13N2O4/c22-19(21(23)24-12-13-8-10-20-11-9-13)15-5-3-7-17-18(15)14-4-1-2-6-16(14)25-17/h1-11H,12H2/q-1. The quantitative estimate of drug-likeness (QED) is 0.526. The zero-order chi connectivity index (χ0) is 17.2. The van der Waals surface area contributed by atoms with Crippen LogP contribution >= 0.6 is 0 Å². The second kappa shape index (κ2) is 6.35. The van der Waals surface area contributed by atoms with Gasteiger partial charge in [0.05, 0.1) is 12.2 Å². The number of rotatable bonds is 4. The van der Waals surface area contributed by atoms with Gasteiger partial charge in [0.1, 0.15) is 11.2 Å². The Bertz CT molecular complexity index is 1040. The monoisotopic (exact) mass is 333 g/mol. The topological polar surface area (TPSA) is 78.6 Å². The van der Waals surface area contributed by atoms with Crippen LogP contribution in [0.3, 0.4) is 0 Å². The highest BCUT2D eigenvalue weighted by Gasteiger charge is 2.17. The van der Waals surface area contributed by atoms with Gasteiger partial charge in [0.25, 0.3) is 5.91 Å². The zero-order valence-corrected chi connectivity index (χ0v) is 13.1. The molecule has 0 fully saturated rings. The Morgan fingerprint density at radius 2 is 1.80 bits per heavy atom. The van der Waals surface area contributed by atoms with Crippen LogP contribution in [0, 0.1) is 5.21 Å². The number of fused-ring (bicyclic) bond motifs is 3. The molecule has 0 aliphatic heterocycles. The molecule has 0 radical (unpaired) electrons. The van der Waals surface area contributed by atoms with E-state index in [4.69, 9.17) is 9.25 Å². The van der Waals surface area contributed by atoms with E-state index >= 15 is 0 Å². The first-order valence-electron chi connectivity index (χ1n) is 7.68. The first kappa shape index (κ1) is 15.3. The molecule has 6 nitrogen and oxygen atoms in total. The normalized spacial score (nSPS) is 11.1. The highest BCUT2D eigenvalue weighted by molar-refractivity contribution is 6.16. The number of hydrogen-bond donors (Lipinski definition) is 0. The van der Waals surface area contributed by atoms with E-state index in [1.54, 1.807) is 42.7 Å². The number of aromatic nitrogens is 1. The van der Waals surface area contributed by atoms with Gasteiger partial charge in [0, 0.05) is 23.2 Å². The molecule has 6 heteroatoms. The fourth-order valence-corrected chi connectivity index (χ4v) is 2.72. The molecular formula is C19H13N2O4-. The first-order chi connectivity index (χ1) is 12.2. The van der Waals surface area contributed by atoms with Crippen molar-refractivity contribution in [1.29, 1.82) is 0 Å². The van der Waals surface area contributed by atoms with E-state index in [0.29, 0.717) is 16.6 Å². The number of pyridine rings is 1. The van der Waals surface area contributed by atoms with Crippen molar-refractivity contribution in [2.45, 2.75) is 6.61 Å². The van der Waals surface area contributed by atoms with Gasteiger partial charge in [-0.15, -0.1) is 0 Å². The summed E-state index contributed by atoms with van der Waals surface area (Å²) in [6.07, 6.45) is 3.18. The van der Waals surface area contributed by atoms with Crippen molar-refractivity contribution >= 4 is 27.8 Å². The summed E-state index contributed by atoms with van der Waals surface area (Å²) in [6, 6.07) is 15.8. The van der Waals surface area contributed by atoms with Crippen LogP contribution in [0.5, 0.6) is 0 Å². The molecule has 0 saturated carbocycles. The molecule has 1 amide bonds. The van der Waals surface area contributed by atoms with Crippen LogP contribution in [-0.4, -0.2) is 16.1 Å². The summed E-state index contributed by atoms with van der Waals surface area (Å²) in [6.45, 7) is -0.0140. The van der Waals surface area contributed by atoms with Crippen molar-refractivity contribution in [2.75, 3.05) is 0 Å². The van der Waals surface area contributed by atoms with Crippen LogP contribution in [0.2, 0.25) is 0 Å². The average Bonchev–Trinajstić information content (AvgIpc) is 3.05. The van der Waals surface area contributed by atoms with Crippen LogP contribution in [0.15, 0.2) is 71.4 Å². The van der Waals surface area contributed by atoms with Gasteiger partial charge in [0.15, 0.2) is 0 Å². The molecule has 4 aromatic rings. The predicted octanol–water partition coefficient (Wildman–Crippen LogP) is 4.05. The van der Waals surface area contributed by atoms with E-state index in [9.17, 15) is 10.0 Å². The van der Waals surface area contributed by atoms with Gasteiger partial charge in [-0.1, -0.05) is 24.3 Å². The SMILES string of the molecule is O=C(c1cccc2oc3ccccc3c12)N([O-])OCc1ccncc1. The van der Waals surface area contributed by atoms with Gasteiger partial charge in [-0.3, -0.25) is 19.8 Å². The summed E-state index contributed by atoms with van der Waals surface area (Å²) in [4.78, 5) is 21.5. The molecule has 0 spiro atoms. The van der Waals surface area contributed by atoms with Crippen LogP contribution in [0.1, 0.15) is 15.9 Å². The van der Waals surface area contributed by atoms with E-state index in [-0.39, 0.29) is 17.4 Å². The summed E-state index contributed by atoms with van der Waals surface area (Å²) >= 11 is 0. The number of benzene rings is 2. The third kappa shape index (κ3) is 2.84. The molecule has 124 valence electrons. The molecule has 2 heterocycles. The van der Waals surface area contributed by atoms with Crippen molar-refractivity contribution < 1.29 is 14.0 Å². The van der Waals surface area contributed by atoms with Crippen molar-refractivity contribution in [3.63, 3.8) is 0 Å². The van der Waals surface area contributed by atoms with Crippen LogP contribution in [-0.2, 0) is 11.4 Å². The van der Waals surface area contributed by atoms with E-state index in [1.807, 2.05) is 24.3 Å². The Hall–Kier alpha value is -3.22. The lowest BCUT2D eigenvalue weighted by Crippen LogP contribution is -2.25. The van der Waals surface area contributed by atoms with E-state index < -0.39 is 5.91 Å². The number of carbonyl (C=O) groups is 1. The molecule has 2 aromatic carbocycles. The zero-order valence-electron chi connectivity index (χ0n) is 13.1. The van der Waals surface area contributed by atoms with Gasteiger partial charge >= 0.3 is 0 Å². The average molecular weight is 333 g/mol. The summed E-state index contributed by atoms with van der Waals surface area (Å²) in [5, 5.41) is 13.5. The Labute approximate surface area is 142 Å². The maximum atomic E-state index is 12.6. The lowest BCUT2D eigenvalue weighted by molar-refractivity contribution is -0.0992. The Balaban J connectivity index is 1.65. The number of amides is 1. The first-order valence-corrected chi connectivity index (χ1v) is 7.68. The second-order valence-electron chi connectivity index (χ2n) is 5.47. The third-order valence-electron chi connectivity index (χ3n) is 3.90. The summed E-state index contributed by atoms with van der Waals surface area (Å²) in [5.74, 6) is -0.772. The predicted molar refractivity (Wildman–Crippen MR) is 92.3 cm³/mol. The number of hydroxylamine groups is 2. The summed E-state index contributed by atoms with van der Waals surface area (Å²) in [7, 11) is 0. The molecule has 0 saturated heterocycles. The maximum Gasteiger partial charge on any atom is 0.268 e. The lowest BCUT2D eigenvalue weighted by Gasteiger charge is -2.26. The number of furan rings is 1.